The van der Waals surface area contributed by atoms with Crippen molar-refractivity contribution in [3.63, 3.8) is 0 Å². The number of halogens is 1. The molecule has 4 rings (SSSR count). The molecule has 0 radical (unpaired) electrons. The lowest BCUT2D eigenvalue weighted by atomic mass is 10.1. The third kappa shape index (κ3) is 6.32. The maximum atomic E-state index is 14.1. The van der Waals surface area contributed by atoms with Gasteiger partial charge in [-0.3, -0.25) is 4.79 Å². The fourth-order valence-corrected chi connectivity index (χ4v) is 4.94. The van der Waals surface area contributed by atoms with Crippen LogP contribution in [0, 0.1) is 11.7 Å². The molecule has 0 N–H and O–H groups in total. The van der Waals surface area contributed by atoms with Crippen LogP contribution < -0.4 is 9.80 Å². The van der Waals surface area contributed by atoms with E-state index in [-0.39, 0.29) is 11.7 Å². The molecule has 1 saturated heterocycles. The number of benzene rings is 2. The number of para-hydroxylation sites is 1. The maximum absolute atomic E-state index is 14.1. The van der Waals surface area contributed by atoms with E-state index in [2.05, 4.69) is 35.3 Å². The Morgan fingerprint density at radius 1 is 1.06 bits per heavy atom. The molecule has 2 aromatic carbocycles. The molecule has 0 atom stereocenters. The Balaban J connectivity index is 1.32. The Morgan fingerprint density at radius 3 is 2.47 bits per heavy atom. The lowest BCUT2D eigenvalue weighted by Gasteiger charge is -2.36. The van der Waals surface area contributed by atoms with E-state index in [0.717, 1.165) is 17.5 Å². The molecule has 0 unspecified atom stereocenters. The molecular formula is C26H32FN5OS. The van der Waals surface area contributed by atoms with E-state index in [1.165, 1.54) is 23.2 Å². The largest absolute Gasteiger partial charge is 0.366 e. The molecule has 6 nitrogen and oxygen atoms in total. The summed E-state index contributed by atoms with van der Waals surface area (Å²) in [4.78, 5) is 23.8. The van der Waals surface area contributed by atoms with Crippen molar-refractivity contribution in [2.45, 2.75) is 26.7 Å². The highest BCUT2D eigenvalue weighted by Crippen LogP contribution is 2.22. The summed E-state index contributed by atoms with van der Waals surface area (Å²) in [6, 6.07) is 17.0. The first kappa shape index (κ1) is 24.1. The van der Waals surface area contributed by atoms with Gasteiger partial charge < -0.3 is 14.7 Å². The van der Waals surface area contributed by atoms with Crippen LogP contribution in [0.25, 0.3) is 0 Å². The predicted octanol–water partition coefficient (Wildman–Crippen LogP) is 4.47. The van der Waals surface area contributed by atoms with Gasteiger partial charge in [0, 0.05) is 63.6 Å². The van der Waals surface area contributed by atoms with Crippen LogP contribution in [0.1, 0.15) is 31.7 Å². The van der Waals surface area contributed by atoms with Gasteiger partial charge >= 0.3 is 0 Å². The number of hydrogen-bond acceptors (Lipinski definition) is 6. The van der Waals surface area contributed by atoms with E-state index in [1.54, 1.807) is 12.1 Å². The lowest BCUT2D eigenvalue weighted by Crippen LogP contribution is -2.49. The summed E-state index contributed by atoms with van der Waals surface area (Å²) in [5, 5.41) is 0.872. The van der Waals surface area contributed by atoms with Crippen molar-refractivity contribution in [3.8, 4) is 0 Å². The Bertz CT molecular complexity index is 1070. The second kappa shape index (κ2) is 11.4. The summed E-state index contributed by atoms with van der Waals surface area (Å²) < 4.78 is 18.6. The van der Waals surface area contributed by atoms with Gasteiger partial charge in [-0.2, -0.15) is 4.37 Å². The van der Waals surface area contributed by atoms with Crippen LogP contribution in [-0.2, 0) is 11.2 Å². The average Bonchev–Trinajstić information content (AvgIpc) is 3.31. The molecule has 1 aliphatic rings. The van der Waals surface area contributed by atoms with Crippen molar-refractivity contribution in [2.75, 3.05) is 49.1 Å². The fourth-order valence-electron chi connectivity index (χ4n) is 4.22. The van der Waals surface area contributed by atoms with Gasteiger partial charge in [0.2, 0.25) is 11.0 Å². The number of nitrogens with zero attached hydrogens (tertiary/aromatic N) is 5. The Hall–Kier alpha value is -3.00. The third-order valence-electron chi connectivity index (χ3n) is 5.94. The zero-order chi connectivity index (χ0) is 23.9. The lowest BCUT2D eigenvalue weighted by molar-refractivity contribution is -0.131. The fraction of sp³-hybridized carbons (Fsp3) is 0.423. The average molecular weight is 482 g/mol. The van der Waals surface area contributed by atoms with Crippen molar-refractivity contribution >= 4 is 28.3 Å². The number of amides is 1. The minimum Gasteiger partial charge on any atom is -0.366 e. The normalized spacial score (nSPS) is 14.0. The molecule has 1 aromatic heterocycles. The van der Waals surface area contributed by atoms with Gasteiger partial charge in [-0.15, -0.1) is 0 Å². The standard InChI is InChI=1S/C26H32FN5OS/c1-20(2)19-32(26-28-24(29-34-26)18-21-8-4-3-5-9-21)13-12-25(33)31-16-14-30(15-17-31)23-11-7-6-10-22(23)27/h3-11,20H,12-19H2,1-2H3. The van der Waals surface area contributed by atoms with Crippen molar-refractivity contribution in [1.82, 2.24) is 14.3 Å². The molecule has 180 valence electrons. The minimum atomic E-state index is -0.213. The van der Waals surface area contributed by atoms with E-state index in [4.69, 9.17) is 4.98 Å². The van der Waals surface area contributed by atoms with Gasteiger partial charge in [0.15, 0.2) is 0 Å². The first-order valence-corrected chi connectivity index (χ1v) is 12.7. The summed E-state index contributed by atoms with van der Waals surface area (Å²) >= 11 is 1.40. The van der Waals surface area contributed by atoms with Crippen molar-refractivity contribution in [2.24, 2.45) is 5.92 Å². The summed E-state index contributed by atoms with van der Waals surface area (Å²) in [6.45, 7) is 8.28. The maximum Gasteiger partial charge on any atom is 0.224 e. The highest BCUT2D eigenvalue weighted by Gasteiger charge is 2.24. The van der Waals surface area contributed by atoms with Crippen LogP contribution in [0.15, 0.2) is 54.6 Å². The van der Waals surface area contributed by atoms with Crippen LogP contribution in [0.4, 0.5) is 15.2 Å². The molecule has 2 heterocycles. The van der Waals surface area contributed by atoms with Crippen LogP contribution in [0.2, 0.25) is 0 Å². The van der Waals surface area contributed by atoms with Gasteiger partial charge in [0.05, 0.1) is 5.69 Å². The molecule has 34 heavy (non-hydrogen) atoms. The highest BCUT2D eigenvalue weighted by atomic mass is 32.1. The first-order valence-electron chi connectivity index (χ1n) is 11.9. The highest BCUT2D eigenvalue weighted by molar-refractivity contribution is 7.09. The van der Waals surface area contributed by atoms with Gasteiger partial charge in [-0.1, -0.05) is 56.3 Å². The van der Waals surface area contributed by atoms with Crippen LogP contribution in [0.3, 0.4) is 0 Å². The topological polar surface area (TPSA) is 52.6 Å². The second-order valence-corrected chi connectivity index (χ2v) is 9.79. The predicted molar refractivity (Wildman–Crippen MR) is 136 cm³/mol. The summed E-state index contributed by atoms with van der Waals surface area (Å²) in [6.07, 6.45) is 1.14. The zero-order valence-electron chi connectivity index (χ0n) is 19.9. The SMILES string of the molecule is CC(C)CN(CCC(=O)N1CCN(c2ccccc2F)CC1)c1nc(Cc2ccccc2)ns1. The molecule has 3 aromatic rings. The molecule has 1 amide bonds. The van der Waals surface area contributed by atoms with E-state index < -0.39 is 0 Å². The summed E-state index contributed by atoms with van der Waals surface area (Å²) in [5.41, 5.74) is 1.80. The van der Waals surface area contributed by atoms with Gasteiger partial charge in [-0.25, -0.2) is 9.37 Å². The smallest absolute Gasteiger partial charge is 0.224 e. The Morgan fingerprint density at radius 2 is 1.76 bits per heavy atom. The Labute approximate surface area is 205 Å². The van der Waals surface area contributed by atoms with Crippen LogP contribution in [0.5, 0.6) is 0 Å². The summed E-state index contributed by atoms with van der Waals surface area (Å²) in [5.74, 6) is 1.18. The Kier molecular flexibility index (Phi) is 8.11. The van der Waals surface area contributed by atoms with E-state index >= 15 is 0 Å². The molecule has 0 spiro atoms. The zero-order valence-corrected chi connectivity index (χ0v) is 20.7. The van der Waals surface area contributed by atoms with E-state index in [0.29, 0.717) is 57.2 Å². The first-order chi connectivity index (χ1) is 16.5. The molecular weight excluding hydrogens is 449 g/mol. The van der Waals surface area contributed by atoms with Crippen LogP contribution >= 0.6 is 11.5 Å². The molecule has 8 heteroatoms. The van der Waals surface area contributed by atoms with E-state index in [9.17, 15) is 9.18 Å². The minimum absolute atomic E-state index is 0.135. The van der Waals surface area contributed by atoms with Crippen molar-refractivity contribution in [3.05, 3.63) is 71.8 Å². The number of piperazine rings is 1. The number of anilines is 2. The monoisotopic (exact) mass is 481 g/mol. The number of aromatic nitrogens is 2. The second-order valence-electron chi connectivity index (χ2n) is 9.06. The third-order valence-corrected chi connectivity index (χ3v) is 6.75. The van der Waals surface area contributed by atoms with Crippen molar-refractivity contribution < 1.29 is 9.18 Å². The van der Waals surface area contributed by atoms with Crippen LogP contribution in [-0.4, -0.2) is 59.4 Å². The summed E-state index contributed by atoms with van der Waals surface area (Å²) in [7, 11) is 0. The number of carbonyl (C=O) groups excluding carboxylic acids is 1. The number of carbonyl (C=O) groups is 1. The number of hydrogen-bond donors (Lipinski definition) is 0. The molecule has 0 aliphatic carbocycles. The van der Waals surface area contributed by atoms with Gasteiger partial charge in [0.1, 0.15) is 11.6 Å². The molecule has 0 bridgehead atoms. The number of rotatable bonds is 9. The van der Waals surface area contributed by atoms with E-state index in [1.807, 2.05) is 34.1 Å². The van der Waals surface area contributed by atoms with Crippen molar-refractivity contribution in [1.29, 1.82) is 0 Å². The molecule has 1 aliphatic heterocycles. The molecule has 1 fully saturated rings. The van der Waals surface area contributed by atoms with Gasteiger partial charge in [0.25, 0.3) is 0 Å². The molecule has 0 saturated carbocycles. The quantitative estimate of drug-likeness (QED) is 0.451. The van der Waals surface area contributed by atoms with Gasteiger partial charge in [-0.05, 0) is 23.6 Å².